The highest BCUT2D eigenvalue weighted by Gasteiger charge is 2.56. The van der Waals surface area contributed by atoms with Crippen LogP contribution >= 0.6 is 0 Å². The molecule has 0 amide bonds. The van der Waals surface area contributed by atoms with E-state index in [1.165, 1.54) is 0 Å². The van der Waals surface area contributed by atoms with Gasteiger partial charge < -0.3 is 5.11 Å². The average Bonchev–Trinajstić information content (AvgIpc) is 3.18. The van der Waals surface area contributed by atoms with Crippen LogP contribution in [0.3, 0.4) is 0 Å². The summed E-state index contributed by atoms with van der Waals surface area (Å²) in [6.07, 6.45) is 1.37. The van der Waals surface area contributed by atoms with Gasteiger partial charge in [0.05, 0.1) is 23.1 Å². The van der Waals surface area contributed by atoms with Crippen LogP contribution in [0.25, 0.3) is 0 Å². The Morgan fingerprint density at radius 1 is 1.28 bits per heavy atom. The Labute approximate surface area is 106 Å². The molecule has 1 aliphatic carbocycles. The molecule has 0 aliphatic heterocycles. The summed E-state index contributed by atoms with van der Waals surface area (Å²) in [7, 11) is 0. The van der Waals surface area contributed by atoms with Crippen molar-refractivity contribution in [1.82, 2.24) is 0 Å². The van der Waals surface area contributed by atoms with Crippen LogP contribution in [0.1, 0.15) is 30.9 Å². The smallest absolute Gasteiger partial charge is 0.141 e. The first-order chi connectivity index (χ1) is 8.53. The third-order valence-corrected chi connectivity index (χ3v) is 3.34. The summed E-state index contributed by atoms with van der Waals surface area (Å²) in [5.41, 5.74) is -0.817. The number of nitriles is 2. The topological polar surface area (TPSA) is 67.8 Å². The lowest BCUT2D eigenvalue weighted by Crippen LogP contribution is -2.33. The number of aliphatic hydroxyl groups is 1. The molecule has 1 atom stereocenters. The van der Waals surface area contributed by atoms with Gasteiger partial charge in [-0.2, -0.15) is 10.5 Å². The zero-order valence-corrected chi connectivity index (χ0v) is 10.1. The molecule has 88 valence electrons. The molecule has 1 aliphatic rings. The first-order valence-corrected chi connectivity index (χ1v) is 5.70. The average molecular weight is 236 g/mol. The molecule has 0 saturated heterocycles. The van der Waals surface area contributed by atoms with Gasteiger partial charge in [-0.15, -0.1) is 0 Å². The van der Waals surface area contributed by atoms with E-state index in [1.807, 2.05) is 6.07 Å². The van der Waals surface area contributed by atoms with Crippen LogP contribution in [0.15, 0.2) is 24.3 Å². The van der Waals surface area contributed by atoms with Crippen LogP contribution in [0.4, 0.5) is 0 Å². The first kappa shape index (κ1) is 12.2. The minimum Gasteiger partial charge on any atom is -0.376 e. The van der Waals surface area contributed by atoms with Gasteiger partial charge >= 0.3 is 0 Å². The van der Waals surface area contributed by atoms with Gasteiger partial charge in [0.2, 0.25) is 0 Å². The molecular weight excluding hydrogens is 224 g/mol. The molecule has 1 saturated carbocycles. The molecule has 3 heteroatoms. The second-order valence-corrected chi connectivity index (χ2v) is 4.71. The largest absolute Gasteiger partial charge is 0.376 e. The van der Waals surface area contributed by atoms with Gasteiger partial charge in [-0.3, -0.25) is 0 Å². The molecule has 0 spiro atoms. The van der Waals surface area contributed by atoms with Gasteiger partial charge in [0, 0.05) is 5.56 Å². The Kier molecular flexibility index (Phi) is 2.84. The summed E-state index contributed by atoms with van der Waals surface area (Å²) in [5.74, 6) is 5.59. The molecule has 0 bridgehead atoms. The number of hydrogen-bond acceptors (Lipinski definition) is 3. The van der Waals surface area contributed by atoms with E-state index < -0.39 is 11.0 Å². The quantitative estimate of drug-likeness (QED) is 0.758. The summed E-state index contributed by atoms with van der Waals surface area (Å²) in [5, 5.41) is 28.1. The van der Waals surface area contributed by atoms with E-state index in [9.17, 15) is 5.11 Å². The highest BCUT2D eigenvalue weighted by molar-refractivity contribution is 5.43. The first-order valence-electron chi connectivity index (χ1n) is 5.70. The van der Waals surface area contributed by atoms with Crippen molar-refractivity contribution < 1.29 is 5.11 Å². The SMILES string of the molecule is C[C@](O)(C#Cc1cccc(C#N)c1)C1(C#N)CC1. The minimum atomic E-state index is -1.30. The third-order valence-electron chi connectivity index (χ3n) is 3.34. The molecule has 1 aromatic rings. The maximum absolute atomic E-state index is 10.2. The fraction of sp³-hybridized carbons (Fsp3) is 0.333. The minimum absolute atomic E-state index is 0.530. The Bertz CT molecular complexity index is 616. The zero-order valence-electron chi connectivity index (χ0n) is 10.1. The van der Waals surface area contributed by atoms with Gasteiger partial charge in [0.25, 0.3) is 0 Å². The monoisotopic (exact) mass is 236 g/mol. The predicted octanol–water partition coefficient (Wildman–Crippen LogP) is 1.96. The molecule has 0 heterocycles. The summed E-state index contributed by atoms with van der Waals surface area (Å²) in [6, 6.07) is 11.1. The van der Waals surface area contributed by atoms with Crippen molar-refractivity contribution in [1.29, 1.82) is 10.5 Å². The lowest BCUT2D eigenvalue weighted by Gasteiger charge is -2.21. The van der Waals surface area contributed by atoms with E-state index in [1.54, 1.807) is 31.2 Å². The van der Waals surface area contributed by atoms with Gasteiger partial charge in [0.15, 0.2) is 0 Å². The van der Waals surface area contributed by atoms with Crippen molar-refractivity contribution in [3.8, 4) is 24.0 Å². The van der Waals surface area contributed by atoms with Crippen LogP contribution in [0.2, 0.25) is 0 Å². The highest BCUT2D eigenvalue weighted by atomic mass is 16.3. The molecule has 3 nitrogen and oxygen atoms in total. The van der Waals surface area contributed by atoms with Crippen molar-refractivity contribution in [2.45, 2.75) is 25.4 Å². The van der Waals surface area contributed by atoms with E-state index in [0.717, 1.165) is 0 Å². The molecule has 1 N–H and O–H groups in total. The summed E-state index contributed by atoms with van der Waals surface area (Å²) >= 11 is 0. The zero-order chi connectivity index (χ0) is 13.2. The Balaban J connectivity index is 2.28. The van der Waals surface area contributed by atoms with E-state index in [2.05, 4.69) is 17.9 Å². The molecule has 1 aromatic carbocycles. The van der Waals surface area contributed by atoms with E-state index in [4.69, 9.17) is 10.5 Å². The standard InChI is InChI=1S/C15H12N2O/c1-14(18,15(11-17)7-8-15)6-5-12-3-2-4-13(9-12)10-16/h2-4,9,18H,7-8H2,1H3/t14-/m0/s1. The third kappa shape index (κ3) is 2.07. The van der Waals surface area contributed by atoms with Crippen molar-refractivity contribution in [3.63, 3.8) is 0 Å². The van der Waals surface area contributed by atoms with Crippen LogP contribution in [0.5, 0.6) is 0 Å². The summed E-state index contributed by atoms with van der Waals surface area (Å²) in [6.45, 7) is 1.57. The van der Waals surface area contributed by atoms with E-state index >= 15 is 0 Å². The Morgan fingerprint density at radius 2 is 1.94 bits per heavy atom. The summed E-state index contributed by atoms with van der Waals surface area (Å²) < 4.78 is 0. The number of hydrogen-bond donors (Lipinski definition) is 1. The molecule has 0 radical (unpaired) electrons. The van der Waals surface area contributed by atoms with Crippen molar-refractivity contribution in [2.24, 2.45) is 5.41 Å². The second-order valence-electron chi connectivity index (χ2n) is 4.71. The fourth-order valence-corrected chi connectivity index (χ4v) is 1.81. The Morgan fingerprint density at radius 3 is 2.50 bits per heavy atom. The van der Waals surface area contributed by atoms with Gasteiger partial charge in [0.1, 0.15) is 5.60 Å². The lowest BCUT2D eigenvalue weighted by atomic mass is 9.87. The van der Waals surface area contributed by atoms with E-state index in [0.29, 0.717) is 24.0 Å². The maximum atomic E-state index is 10.2. The van der Waals surface area contributed by atoms with Crippen LogP contribution in [-0.4, -0.2) is 10.7 Å². The molecule has 18 heavy (non-hydrogen) atoms. The normalized spacial score (nSPS) is 18.4. The molecule has 0 aromatic heterocycles. The van der Waals surface area contributed by atoms with Crippen molar-refractivity contribution in [2.75, 3.05) is 0 Å². The number of nitrogens with zero attached hydrogens (tertiary/aromatic N) is 2. The van der Waals surface area contributed by atoms with E-state index in [-0.39, 0.29) is 0 Å². The van der Waals surface area contributed by atoms with Gasteiger partial charge in [-0.05, 0) is 38.0 Å². The molecule has 2 rings (SSSR count). The highest BCUT2D eigenvalue weighted by Crippen LogP contribution is 2.53. The maximum Gasteiger partial charge on any atom is 0.141 e. The van der Waals surface area contributed by atoms with Crippen LogP contribution < -0.4 is 0 Å². The number of benzene rings is 1. The van der Waals surface area contributed by atoms with Crippen molar-refractivity contribution in [3.05, 3.63) is 35.4 Å². The Hall–Kier alpha value is -2.28. The predicted molar refractivity (Wildman–Crippen MR) is 65.9 cm³/mol. The molecular formula is C15H12N2O. The van der Waals surface area contributed by atoms with Crippen LogP contribution in [0, 0.1) is 39.9 Å². The lowest BCUT2D eigenvalue weighted by molar-refractivity contribution is 0.0682. The van der Waals surface area contributed by atoms with Crippen molar-refractivity contribution >= 4 is 0 Å². The van der Waals surface area contributed by atoms with Crippen LogP contribution in [-0.2, 0) is 0 Å². The molecule has 1 fully saturated rings. The molecule has 0 unspecified atom stereocenters. The fourth-order valence-electron chi connectivity index (χ4n) is 1.81. The van der Waals surface area contributed by atoms with Gasteiger partial charge in [-0.25, -0.2) is 0 Å². The second kappa shape index (κ2) is 4.19. The number of rotatable bonds is 1. The summed E-state index contributed by atoms with van der Waals surface area (Å²) in [4.78, 5) is 0. The van der Waals surface area contributed by atoms with Gasteiger partial charge in [-0.1, -0.05) is 17.9 Å².